The molecule has 0 bridgehead atoms. The van der Waals surface area contributed by atoms with Crippen LogP contribution < -0.4 is 34.7 Å². The summed E-state index contributed by atoms with van der Waals surface area (Å²) in [6.07, 6.45) is 1.90. The summed E-state index contributed by atoms with van der Waals surface area (Å²) < 4.78 is 0. The summed E-state index contributed by atoms with van der Waals surface area (Å²) in [4.78, 5) is 10.2. The lowest BCUT2D eigenvalue weighted by Crippen LogP contribution is -3.00. The molecule has 1 saturated heterocycles. The van der Waals surface area contributed by atoms with Crippen molar-refractivity contribution in [1.82, 2.24) is 0 Å². The maximum absolute atomic E-state index is 10.2. The lowest BCUT2D eigenvalue weighted by Gasteiger charge is -1.96. The summed E-state index contributed by atoms with van der Waals surface area (Å²) in [7, 11) is 0. The largest absolute Gasteiger partial charge is 1.00 e. The number of carbonyl (C=O) groups is 1. The number of carboxylic acid groups (broad SMARTS) is 1. The van der Waals surface area contributed by atoms with Crippen LogP contribution in [0, 0.1) is 0 Å². The molecular formula is C5H10BrClNO2-. The average Bonchev–Trinajstić information content (AvgIpc) is 2.12. The van der Waals surface area contributed by atoms with E-state index in [0.717, 1.165) is 19.4 Å². The Morgan fingerprint density at radius 1 is 1.60 bits per heavy atom. The van der Waals surface area contributed by atoms with Crippen LogP contribution in [0.3, 0.4) is 0 Å². The number of hydrogen-bond donors (Lipinski definition) is 2. The van der Waals surface area contributed by atoms with Crippen LogP contribution in [0.15, 0.2) is 0 Å². The highest BCUT2D eigenvalue weighted by Gasteiger charge is 2.24. The van der Waals surface area contributed by atoms with Crippen molar-refractivity contribution in [3.63, 3.8) is 0 Å². The Kier molecular flexibility index (Phi) is 7.63. The zero-order valence-corrected chi connectivity index (χ0v) is 7.73. The molecule has 0 aromatic heterocycles. The number of hydrogen-bond acceptors (Lipinski definition) is 1. The lowest BCUT2D eigenvalue weighted by atomic mass is 10.2. The molecule has 1 heterocycles. The van der Waals surface area contributed by atoms with Crippen molar-refractivity contribution >= 4 is 5.97 Å². The molecule has 0 unspecified atom stereocenters. The molecule has 0 aromatic rings. The van der Waals surface area contributed by atoms with E-state index in [1.807, 2.05) is 5.32 Å². The second kappa shape index (κ2) is 5.95. The van der Waals surface area contributed by atoms with Gasteiger partial charge in [0.25, 0.3) is 0 Å². The Hall–Kier alpha value is 0.200. The van der Waals surface area contributed by atoms with Gasteiger partial charge < -0.3 is 39.8 Å². The van der Waals surface area contributed by atoms with Crippen LogP contribution in [0.25, 0.3) is 0 Å². The van der Waals surface area contributed by atoms with E-state index < -0.39 is 5.97 Å². The van der Waals surface area contributed by atoms with Gasteiger partial charge >= 0.3 is 5.97 Å². The Bertz CT molecular complexity index is 106. The zero-order valence-electron chi connectivity index (χ0n) is 5.39. The number of halogens is 2. The number of rotatable bonds is 1. The van der Waals surface area contributed by atoms with Gasteiger partial charge in [-0.3, -0.25) is 0 Å². The summed E-state index contributed by atoms with van der Waals surface area (Å²) in [5, 5.41) is 10.3. The number of aliphatic carboxylic acids is 1. The summed E-state index contributed by atoms with van der Waals surface area (Å²) in [6.45, 7) is 0.983. The molecule has 0 spiro atoms. The smallest absolute Gasteiger partial charge is 0.362 e. The quantitative estimate of drug-likeness (QED) is 0.471. The molecule has 0 aliphatic carbocycles. The van der Waals surface area contributed by atoms with E-state index >= 15 is 0 Å². The topological polar surface area (TPSA) is 53.9 Å². The van der Waals surface area contributed by atoms with Crippen molar-refractivity contribution in [3.8, 4) is 0 Å². The van der Waals surface area contributed by atoms with Crippen LogP contribution in [0.5, 0.6) is 0 Å². The van der Waals surface area contributed by atoms with Crippen LogP contribution in [-0.4, -0.2) is 23.7 Å². The first-order valence-electron chi connectivity index (χ1n) is 2.87. The van der Waals surface area contributed by atoms with Gasteiger partial charge in [0.1, 0.15) is 0 Å². The summed E-state index contributed by atoms with van der Waals surface area (Å²) >= 11 is 0. The van der Waals surface area contributed by atoms with Gasteiger partial charge in [-0.2, -0.15) is 0 Å². The minimum Gasteiger partial charge on any atom is -1.00 e. The second-order valence-electron chi connectivity index (χ2n) is 2.11. The molecule has 1 rings (SSSR count). The minimum absolute atomic E-state index is 0. The zero-order chi connectivity index (χ0) is 5.98. The molecule has 0 amide bonds. The summed E-state index contributed by atoms with van der Waals surface area (Å²) in [5.41, 5.74) is 0. The van der Waals surface area contributed by atoms with Crippen LogP contribution >= 0.6 is 0 Å². The van der Waals surface area contributed by atoms with E-state index in [9.17, 15) is 4.79 Å². The number of quaternary nitrogens is 1. The van der Waals surface area contributed by atoms with Gasteiger partial charge in [0.2, 0.25) is 0 Å². The fraction of sp³-hybridized carbons (Fsp3) is 0.800. The van der Waals surface area contributed by atoms with Crippen LogP contribution in [-0.2, 0) is 4.79 Å². The molecule has 3 nitrogen and oxygen atoms in total. The monoisotopic (exact) mass is 230 g/mol. The van der Waals surface area contributed by atoms with Gasteiger partial charge in [-0.25, -0.2) is 4.79 Å². The molecular weight excluding hydrogens is 221 g/mol. The maximum atomic E-state index is 10.2. The third-order valence-electron chi connectivity index (χ3n) is 1.49. The van der Waals surface area contributed by atoms with Crippen LogP contribution in [0.4, 0.5) is 0 Å². The van der Waals surface area contributed by atoms with E-state index in [-0.39, 0.29) is 35.4 Å². The molecule has 1 aliphatic rings. The highest BCUT2D eigenvalue weighted by atomic mass is 79.9. The van der Waals surface area contributed by atoms with Crippen molar-refractivity contribution in [3.05, 3.63) is 0 Å². The average molecular weight is 231 g/mol. The van der Waals surface area contributed by atoms with E-state index in [1.54, 1.807) is 0 Å². The van der Waals surface area contributed by atoms with E-state index in [2.05, 4.69) is 0 Å². The number of nitrogens with two attached hydrogens (primary N) is 1. The standard InChI is InChI=1S/C5H9NO2.BrH.ClH/c7-5(8)4-2-1-3-6-4;;/h4,6H,1-3H2,(H,7,8);2*1H/p-1/t4-;;/m0../s1. The Morgan fingerprint density at radius 2 is 2.20 bits per heavy atom. The molecule has 5 heteroatoms. The lowest BCUT2D eigenvalue weighted by molar-refractivity contribution is -0.658. The second-order valence-corrected chi connectivity index (χ2v) is 2.11. The minimum atomic E-state index is -0.664. The molecule has 10 heavy (non-hydrogen) atoms. The highest BCUT2D eigenvalue weighted by molar-refractivity contribution is 5.71. The molecule has 0 radical (unpaired) electrons. The maximum Gasteiger partial charge on any atom is 0.362 e. The fourth-order valence-corrected chi connectivity index (χ4v) is 0.999. The van der Waals surface area contributed by atoms with E-state index in [1.165, 1.54) is 0 Å². The van der Waals surface area contributed by atoms with Crippen LogP contribution in [0.2, 0.25) is 0 Å². The Morgan fingerprint density at radius 3 is 2.40 bits per heavy atom. The van der Waals surface area contributed by atoms with Crippen LogP contribution in [0.1, 0.15) is 12.8 Å². The van der Waals surface area contributed by atoms with Gasteiger partial charge in [-0.1, -0.05) is 0 Å². The van der Waals surface area contributed by atoms with Gasteiger partial charge in [0.15, 0.2) is 6.04 Å². The molecule has 1 fully saturated rings. The molecule has 3 N–H and O–H groups in total. The third kappa shape index (κ3) is 3.39. The summed E-state index contributed by atoms with van der Waals surface area (Å²) in [6, 6.07) is -0.144. The highest BCUT2D eigenvalue weighted by Crippen LogP contribution is 1.95. The fourth-order valence-electron chi connectivity index (χ4n) is 0.999. The normalized spacial score (nSPS) is 22.6. The first-order valence-corrected chi connectivity index (χ1v) is 2.87. The predicted octanol–water partition coefficient (Wildman–Crippen LogP) is -7.20. The first kappa shape index (κ1) is 12.8. The van der Waals surface area contributed by atoms with Crippen molar-refractivity contribution in [2.75, 3.05) is 6.54 Å². The Labute approximate surface area is 76.4 Å². The van der Waals surface area contributed by atoms with E-state index in [4.69, 9.17) is 5.11 Å². The SMILES string of the molecule is O=C(O)[C@@H]1CCC[NH2+]1.[Br-].[Cl-]. The van der Waals surface area contributed by atoms with Gasteiger partial charge in [-0.15, -0.1) is 0 Å². The summed E-state index contributed by atoms with van der Waals surface area (Å²) in [5.74, 6) is -0.664. The third-order valence-corrected chi connectivity index (χ3v) is 1.49. The van der Waals surface area contributed by atoms with E-state index in [0.29, 0.717) is 0 Å². The first-order chi connectivity index (χ1) is 3.80. The molecule has 0 saturated carbocycles. The molecule has 62 valence electrons. The van der Waals surface area contributed by atoms with Gasteiger partial charge in [0.05, 0.1) is 6.54 Å². The number of carboxylic acids is 1. The van der Waals surface area contributed by atoms with Crippen molar-refractivity contribution in [2.45, 2.75) is 18.9 Å². The van der Waals surface area contributed by atoms with Crippen molar-refractivity contribution in [2.24, 2.45) is 0 Å². The van der Waals surface area contributed by atoms with Gasteiger partial charge in [0, 0.05) is 12.8 Å². The predicted molar refractivity (Wildman–Crippen MR) is 27.5 cm³/mol. The Balaban J connectivity index is 0. The van der Waals surface area contributed by atoms with Crippen molar-refractivity contribution < 1.29 is 44.6 Å². The molecule has 1 aliphatic heterocycles. The molecule has 1 atom stereocenters. The van der Waals surface area contributed by atoms with Crippen molar-refractivity contribution in [1.29, 1.82) is 0 Å². The van der Waals surface area contributed by atoms with Gasteiger partial charge in [-0.05, 0) is 0 Å². The molecule has 0 aromatic carbocycles.